The van der Waals surface area contributed by atoms with Gasteiger partial charge in [-0.05, 0) is 33.5 Å². The molecule has 1 atom stereocenters. The minimum atomic E-state index is 0.341. The third kappa shape index (κ3) is 4.13. The zero-order valence-corrected chi connectivity index (χ0v) is 13.5. The molecule has 0 aliphatic carbocycles. The summed E-state index contributed by atoms with van der Waals surface area (Å²) in [6.45, 7) is 6.02. The van der Waals surface area contributed by atoms with Gasteiger partial charge in [0.05, 0.1) is 10.7 Å². The van der Waals surface area contributed by atoms with Crippen LogP contribution < -0.4 is 5.32 Å². The Morgan fingerprint density at radius 2 is 1.90 bits per heavy atom. The lowest BCUT2D eigenvalue weighted by molar-refractivity contribution is 0.341. The molecule has 0 aliphatic heterocycles. The van der Waals surface area contributed by atoms with Crippen molar-refractivity contribution >= 4 is 11.3 Å². The van der Waals surface area contributed by atoms with Crippen LogP contribution >= 0.6 is 11.3 Å². The summed E-state index contributed by atoms with van der Waals surface area (Å²) in [6, 6.07) is 11.0. The first kappa shape index (κ1) is 15.2. The lowest BCUT2D eigenvalue weighted by Crippen LogP contribution is -2.30. The van der Waals surface area contributed by atoms with E-state index in [1.807, 2.05) is 0 Å². The number of aryl methyl sites for hydroxylation is 2. The van der Waals surface area contributed by atoms with Crippen molar-refractivity contribution < 1.29 is 0 Å². The van der Waals surface area contributed by atoms with E-state index in [1.54, 1.807) is 11.3 Å². The summed E-state index contributed by atoms with van der Waals surface area (Å²) in [5.41, 5.74) is 2.48. The highest BCUT2D eigenvalue weighted by Gasteiger charge is 2.13. The summed E-state index contributed by atoms with van der Waals surface area (Å²) >= 11 is 1.78. The van der Waals surface area contributed by atoms with Crippen LogP contribution in [0.4, 0.5) is 0 Å². The minimum Gasteiger partial charge on any atom is -0.308 e. The molecule has 0 saturated carbocycles. The van der Waals surface area contributed by atoms with Crippen LogP contribution in [0.1, 0.15) is 27.2 Å². The van der Waals surface area contributed by atoms with Crippen LogP contribution in [0.25, 0.3) is 0 Å². The predicted molar refractivity (Wildman–Crippen MR) is 86.2 cm³/mol. The number of rotatable bonds is 6. The van der Waals surface area contributed by atoms with Gasteiger partial charge in [-0.15, -0.1) is 11.3 Å². The normalized spacial score (nSPS) is 12.8. The molecular formula is C16H23N3S. The molecule has 0 bridgehead atoms. The van der Waals surface area contributed by atoms with E-state index in [2.05, 4.69) is 73.5 Å². The molecule has 1 heterocycles. The molecular weight excluding hydrogens is 266 g/mol. The van der Waals surface area contributed by atoms with Crippen molar-refractivity contribution in [2.24, 2.45) is 0 Å². The fourth-order valence-corrected chi connectivity index (χ4v) is 3.18. The fourth-order valence-electron chi connectivity index (χ4n) is 2.29. The molecule has 108 valence electrons. The second-order valence-electron chi connectivity index (χ2n) is 5.35. The Bertz CT molecular complexity index is 534. The van der Waals surface area contributed by atoms with Crippen molar-refractivity contribution in [2.75, 3.05) is 20.6 Å². The van der Waals surface area contributed by atoms with E-state index in [-0.39, 0.29) is 0 Å². The highest BCUT2D eigenvalue weighted by molar-refractivity contribution is 7.11. The number of likely N-dealkylation sites (N-methyl/N-ethyl adjacent to an activating group) is 1. The summed E-state index contributed by atoms with van der Waals surface area (Å²) in [5, 5.41) is 4.81. The van der Waals surface area contributed by atoms with Gasteiger partial charge in [-0.3, -0.25) is 0 Å². The molecule has 4 heteroatoms. The Kier molecular flexibility index (Phi) is 5.29. The largest absolute Gasteiger partial charge is 0.308 e. The van der Waals surface area contributed by atoms with Gasteiger partial charge in [0, 0.05) is 24.0 Å². The van der Waals surface area contributed by atoms with Crippen molar-refractivity contribution in [1.82, 2.24) is 15.2 Å². The van der Waals surface area contributed by atoms with E-state index >= 15 is 0 Å². The lowest BCUT2D eigenvalue weighted by atomic mass is 10.1. The predicted octanol–water partition coefficient (Wildman–Crippen LogP) is 3.15. The van der Waals surface area contributed by atoms with Gasteiger partial charge in [-0.1, -0.05) is 30.3 Å². The van der Waals surface area contributed by atoms with Crippen LogP contribution in [0, 0.1) is 13.8 Å². The van der Waals surface area contributed by atoms with Crippen LogP contribution in [0.3, 0.4) is 0 Å². The van der Waals surface area contributed by atoms with Crippen LogP contribution in [-0.4, -0.2) is 30.5 Å². The van der Waals surface area contributed by atoms with E-state index in [1.165, 1.54) is 10.4 Å². The Balaban J connectivity index is 2.07. The molecule has 1 aromatic heterocycles. The third-order valence-corrected chi connectivity index (χ3v) is 4.33. The average molecular weight is 289 g/mol. The van der Waals surface area contributed by atoms with E-state index < -0.39 is 0 Å². The molecule has 20 heavy (non-hydrogen) atoms. The van der Waals surface area contributed by atoms with Crippen LogP contribution in [0.5, 0.6) is 0 Å². The SMILES string of the molecule is Cc1nc(C)c(CNC(CN(C)C)c2ccccc2)s1. The summed E-state index contributed by atoms with van der Waals surface area (Å²) in [7, 11) is 4.22. The van der Waals surface area contributed by atoms with Crippen molar-refractivity contribution in [2.45, 2.75) is 26.4 Å². The first-order valence-corrected chi connectivity index (χ1v) is 7.74. The number of hydrogen-bond acceptors (Lipinski definition) is 4. The highest BCUT2D eigenvalue weighted by atomic mass is 32.1. The highest BCUT2D eigenvalue weighted by Crippen LogP contribution is 2.19. The topological polar surface area (TPSA) is 28.2 Å². The second kappa shape index (κ2) is 6.97. The molecule has 0 aliphatic rings. The van der Waals surface area contributed by atoms with Gasteiger partial charge in [-0.2, -0.15) is 0 Å². The monoisotopic (exact) mass is 289 g/mol. The maximum Gasteiger partial charge on any atom is 0.0900 e. The van der Waals surface area contributed by atoms with Gasteiger partial charge in [0.25, 0.3) is 0 Å². The summed E-state index contributed by atoms with van der Waals surface area (Å²) < 4.78 is 0. The zero-order valence-electron chi connectivity index (χ0n) is 12.7. The molecule has 0 fully saturated rings. The van der Waals surface area contributed by atoms with Gasteiger partial charge in [0.2, 0.25) is 0 Å². The minimum absolute atomic E-state index is 0.341. The van der Waals surface area contributed by atoms with E-state index in [0.29, 0.717) is 6.04 Å². The van der Waals surface area contributed by atoms with Crippen LogP contribution in [-0.2, 0) is 6.54 Å². The average Bonchev–Trinajstić information content (AvgIpc) is 2.73. The third-order valence-electron chi connectivity index (χ3n) is 3.26. The van der Waals surface area contributed by atoms with Crippen molar-refractivity contribution in [3.63, 3.8) is 0 Å². The first-order valence-electron chi connectivity index (χ1n) is 6.92. The van der Waals surface area contributed by atoms with Gasteiger partial charge in [0.1, 0.15) is 0 Å². The Hall–Kier alpha value is -1.23. The number of nitrogens with one attached hydrogen (secondary N) is 1. The first-order chi connectivity index (χ1) is 9.56. The summed E-state index contributed by atoms with van der Waals surface area (Å²) in [6.07, 6.45) is 0. The van der Waals surface area contributed by atoms with Crippen LogP contribution in [0.15, 0.2) is 30.3 Å². The van der Waals surface area contributed by atoms with Crippen molar-refractivity contribution in [3.8, 4) is 0 Å². The quantitative estimate of drug-likeness (QED) is 0.885. The zero-order chi connectivity index (χ0) is 14.5. The Morgan fingerprint density at radius 1 is 1.20 bits per heavy atom. The molecule has 3 nitrogen and oxygen atoms in total. The molecule has 1 N–H and O–H groups in total. The summed E-state index contributed by atoms with van der Waals surface area (Å²) in [5.74, 6) is 0. The molecule has 1 unspecified atom stereocenters. The van der Waals surface area contributed by atoms with Gasteiger partial charge in [-0.25, -0.2) is 4.98 Å². The standard InChI is InChI=1S/C16H23N3S/c1-12-16(20-13(2)18-12)10-17-15(11-19(3)4)14-8-6-5-7-9-14/h5-9,15,17H,10-11H2,1-4H3. The van der Waals surface area contributed by atoms with Crippen LogP contribution in [0.2, 0.25) is 0 Å². The molecule has 2 aromatic rings. The molecule has 1 aromatic carbocycles. The molecule has 0 saturated heterocycles. The number of nitrogens with zero attached hydrogens (tertiary/aromatic N) is 2. The van der Waals surface area contributed by atoms with Crippen molar-refractivity contribution in [3.05, 3.63) is 51.5 Å². The smallest absolute Gasteiger partial charge is 0.0900 e. The Morgan fingerprint density at radius 3 is 2.45 bits per heavy atom. The van der Waals surface area contributed by atoms with E-state index in [0.717, 1.165) is 23.8 Å². The Labute approximate surface area is 125 Å². The number of thiazole rings is 1. The van der Waals surface area contributed by atoms with E-state index in [9.17, 15) is 0 Å². The van der Waals surface area contributed by atoms with Gasteiger partial charge in [0.15, 0.2) is 0 Å². The van der Waals surface area contributed by atoms with E-state index in [4.69, 9.17) is 0 Å². The van der Waals surface area contributed by atoms with Gasteiger partial charge >= 0.3 is 0 Å². The molecule has 0 spiro atoms. The maximum absolute atomic E-state index is 4.49. The fraction of sp³-hybridized carbons (Fsp3) is 0.438. The number of aromatic nitrogens is 1. The summed E-state index contributed by atoms with van der Waals surface area (Å²) in [4.78, 5) is 8.04. The molecule has 0 radical (unpaired) electrons. The molecule has 2 rings (SSSR count). The second-order valence-corrected chi connectivity index (χ2v) is 6.64. The number of hydrogen-bond donors (Lipinski definition) is 1. The maximum atomic E-state index is 4.49. The number of benzene rings is 1. The molecule has 0 amide bonds. The van der Waals surface area contributed by atoms with Gasteiger partial charge < -0.3 is 10.2 Å². The van der Waals surface area contributed by atoms with Crippen molar-refractivity contribution in [1.29, 1.82) is 0 Å². The lowest BCUT2D eigenvalue weighted by Gasteiger charge is -2.22.